The number of rotatable bonds is 3. The van der Waals surface area contributed by atoms with E-state index in [-0.39, 0.29) is 5.91 Å². The summed E-state index contributed by atoms with van der Waals surface area (Å²) in [5.41, 5.74) is 3.97. The summed E-state index contributed by atoms with van der Waals surface area (Å²) in [5, 5.41) is 13.0. The second-order valence-electron chi connectivity index (χ2n) is 5.76. The van der Waals surface area contributed by atoms with Crippen molar-refractivity contribution in [3.8, 4) is 6.07 Å². The van der Waals surface area contributed by atoms with Gasteiger partial charge in [-0.15, -0.1) is 11.3 Å². The number of anilines is 1. The predicted molar refractivity (Wildman–Crippen MR) is 94.5 cm³/mol. The molecule has 2 aromatic rings. The number of nitriles is 1. The number of benzene rings is 1. The molecule has 0 aliphatic heterocycles. The van der Waals surface area contributed by atoms with Gasteiger partial charge in [-0.2, -0.15) is 5.26 Å². The zero-order chi connectivity index (χ0) is 16.2. The van der Waals surface area contributed by atoms with Crippen LogP contribution in [0.1, 0.15) is 40.0 Å². The minimum Gasteiger partial charge on any atom is -0.313 e. The van der Waals surface area contributed by atoms with Crippen LogP contribution >= 0.6 is 11.3 Å². The maximum Gasteiger partial charge on any atom is 0.249 e. The van der Waals surface area contributed by atoms with Gasteiger partial charge in [-0.1, -0.05) is 29.8 Å². The van der Waals surface area contributed by atoms with Gasteiger partial charge in [-0.05, 0) is 49.8 Å². The van der Waals surface area contributed by atoms with Crippen LogP contribution < -0.4 is 5.32 Å². The highest BCUT2D eigenvalue weighted by atomic mass is 32.1. The molecule has 0 spiro atoms. The first kappa shape index (κ1) is 15.5. The number of thiophene rings is 1. The molecule has 1 aliphatic rings. The van der Waals surface area contributed by atoms with Crippen LogP contribution in [-0.2, 0) is 17.6 Å². The van der Waals surface area contributed by atoms with E-state index in [4.69, 9.17) is 0 Å². The fourth-order valence-electron chi connectivity index (χ4n) is 2.78. The van der Waals surface area contributed by atoms with Gasteiger partial charge < -0.3 is 5.32 Å². The van der Waals surface area contributed by atoms with Gasteiger partial charge in [0, 0.05) is 11.0 Å². The zero-order valence-corrected chi connectivity index (χ0v) is 13.9. The van der Waals surface area contributed by atoms with Crippen molar-refractivity contribution in [2.24, 2.45) is 0 Å². The number of hydrogen-bond donors (Lipinski definition) is 1. The Balaban J connectivity index is 1.74. The van der Waals surface area contributed by atoms with E-state index in [2.05, 4.69) is 11.4 Å². The maximum absolute atomic E-state index is 12.1. The third-order valence-corrected chi connectivity index (χ3v) is 5.23. The highest BCUT2D eigenvalue weighted by Crippen LogP contribution is 2.37. The van der Waals surface area contributed by atoms with Crippen molar-refractivity contribution < 1.29 is 4.79 Å². The average Bonchev–Trinajstić information content (AvgIpc) is 2.91. The number of fused-ring (bicyclic) bond motifs is 1. The second-order valence-corrected chi connectivity index (χ2v) is 6.87. The molecular weight excluding hydrogens is 304 g/mol. The fraction of sp³-hybridized carbons (Fsp3) is 0.263. The van der Waals surface area contributed by atoms with Gasteiger partial charge in [0.15, 0.2) is 0 Å². The van der Waals surface area contributed by atoms with Crippen molar-refractivity contribution >= 4 is 28.3 Å². The highest BCUT2D eigenvalue weighted by Gasteiger charge is 2.21. The lowest BCUT2D eigenvalue weighted by Crippen LogP contribution is -2.07. The number of carbonyl (C=O) groups excluding carboxylic acids is 1. The van der Waals surface area contributed by atoms with Crippen LogP contribution in [0.4, 0.5) is 5.00 Å². The normalized spacial score (nSPS) is 13.6. The minimum atomic E-state index is -0.194. The molecule has 1 amide bonds. The van der Waals surface area contributed by atoms with Crippen LogP contribution in [0, 0.1) is 18.3 Å². The second kappa shape index (κ2) is 6.80. The SMILES string of the molecule is Cc1ccc(C=CC(=O)Nc2sc3c(c2C#N)CCCC3)cc1. The summed E-state index contributed by atoms with van der Waals surface area (Å²) < 4.78 is 0. The molecule has 1 heterocycles. The Morgan fingerprint density at radius 2 is 2.00 bits per heavy atom. The molecule has 0 radical (unpaired) electrons. The van der Waals surface area contributed by atoms with Gasteiger partial charge in [0.1, 0.15) is 11.1 Å². The Morgan fingerprint density at radius 1 is 1.26 bits per heavy atom. The third-order valence-electron chi connectivity index (χ3n) is 4.02. The molecule has 0 saturated carbocycles. The molecule has 116 valence electrons. The Kier molecular flexibility index (Phi) is 4.59. The number of nitrogens with one attached hydrogen (secondary N) is 1. The van der Waals surface area contributed by atoms with Gasteiger partial charge in [0.05, 0.1) is 5.56 Å². The molecule has 1 aromatic carbocycles. The van der Waals surface area contributed by atoms with Crippen molar-refractivity contribution in [2.45, 2.75) is 32.6 Å². The number of nitrogens with zero attached hydrogens (tertiary/aromatic N) is 1. The molecular formula is C19H18N2OS. The zero-order valence-electron chi connectivity index (χ0n) is 13.1. The summed E-state index contributed by atoms with van der Waals surface area (Å²) in [6.45, 7) is 2.03. The standard InChI is InChI=1S/C19H18N2OS/c1-13-6-8-14(9-7-13)10-11-18(22)21-19-16(12-20)15-4-2-3-5-17(15)23-19/h6-11H,2-5H2,1H3,(H,21,22). The molecule has 0 atom stereocenters. The van der Waals surface area contributed by atoms with E-state index in [1.165, 1.54) is 22.9 Å². The van der Waals surface area contributed by atoms with E-state index >= 15 is 0 Å². The van der Waals surface area contributed by atoms with Gasteiger partial charge in [0.2, 0.25) is 5.91 Å². The van der Waals surface area contributed by atoms with Crippen LogP contribution in [0.5, 0.6) is 0 Å². The van der Waals surface area contributed by atoms with Gasteiger partial charge >= 0.3 is 0 Å². The van der Waals surface area contributed by atoms with Gasteiger partial charge in [0.25, 0.3) is 0 Å². The number of carbonyl (C=O) groups is 1. The third kappa shape index (κ3) is 3.52. The highest BCUT2D eigenvalue weighted by molar-refractivity contribution is 7.16. The van der Waals surface area contributed by atoms with Crippen molar-refractivity contribution in [2.75, 3.05) is 5.32 Å². The molecule has 3 nitrogen and oxygen atoms in total. The largest absolute Gasteiger partial charge is 0.313 e. The van der Waals surface area contributed by atoms with Crippen molar-refractivity contribution in [1.82, 2.24) is 0 Å². The van der Waals surface area contributed by atoms with Crippen LogP contribution in [-0.4, -0.2) is 5.91 Å². The minimum absolute atomic E-state index is 0.194. The molecule has 1 N–H and O–H groups in total. The number of amides is 1. The lowest BCUT2D eigenvalue weighted by Gasteiger charge is -2.09. The predicted octanol–water partition coefficient (Wildman–Crippen LogP) is 4.46. The first-order chi connectivity index (χ1) is 11.2. The topological polar surface area (TPSA) is 52.9 Å². The Morgan fingerprint density at radius 3 is 2.74 bits per heavy atom. The summed E-state index contributed by atoms with van der Waals surface area (Å²) in [5.74, 6) is -0.194. The summed E-state index contributed by atoms with van der Waals surface area (Å²) >= 11 is 1.55. The summed E-state index contributed by atoms with van der Waals surface area (Å²) in [6.07, 6.45) is 7.56. The number of hydrogen-bond acceptors (Lipinski definition) is 3. The molecule has 0 fully saturated rings. The average molecular weight is 322 g/mol. The van der Waals surface area contributed by atoms with E-state index in [1.54, 1.807) is 17.4 Å². The van der Waals surface area contributed by atoms with Crippen molar-refractivity contribution in [1.29, 1.82) is 5.26 Å². The van der Waals surface area contributed by atoms with E-state index in [1.807, 2.05) is 31.2 Å². The molecule has 0 bridgehead atoms. The molecule has 4 heteroatoms. The number of aryl methyl sites for hydroxylation is 2. The summed E-state index contributed by atoms with van der Waals surface area (Å²) in [7, 11) is 0. The molecule has 23 heavy (non-hydrogen) atoms. The first-order valence-electron chi connectivity index (χ1n) is 7.78. The summed E-state index contributed by atoms with van der Waals surface area (Å²) in [6, 6.07) is 10.2. The van der Waals surface area contributed by atoms with Crippen LogP contribution in [0.2, 0.25) is 0 Å². The maximum atomic E-state index is 12.1. The van der Waals surface area contributed by atoms with Crippen molar-refractivity contribution in [3.63, 3.8) is 0 Å². The van der Waals surface area contributed by atoms with Crippen LogP contribution in [0.25, 0.3) is 6.08 Å². The first-order valence-corrected chi connectivity index (χ1v) is 8.59. The van der Waals surface area contributed by atoms with E-state index < -0.39 is 0 Å². The molecule has 3 rings (SSSR count). The monoisotopic (exact) mass is 322 g/mol. The molecule has 1 aliphatic carbocycles. The molecule has 0 unspecified atom stereocenters. The van der Waals surface area contributed by atoms with Crippen molar-refractivity contribution in [3.05, 3.63) is 57.5 Å². The van der Waals surface area contributed by atoms with E-state index in [9.17, 15) is 10.1 Å². The van der Waals surface area contributed by atoms with Gasteiger partial charge in [-0.25, -0.2) is 0 Å². The van der Waals surface area contributed by atoms with Gasteiger partial charge in [-0.3, -0.25) is 4.79 Å². The lowest BCUT2D eigenvalue weighted by molar-refractivity contribution is -0.111. The van der Waals surface area contributed by atoms with Crippen LogP contribution in [0.3, 0.4) is 0 Å². The molecule has 1 aromatic heterocycles. The quantitative estimate of drug-likeness (QED) is 0.848. The van der Waals surface area contributed by atoms with E-state index in [0.717, 1.165) is 30.4 Å². The Bertz CT molecular complexity index is 794. The Hall–Kier alpha value is -2.38. The lowest BCUT2D eigenvalue weighted by atomic mass is 9.96. The summed E-state index contributed by atoms with van der Waals surface area (Å²) in [4.78, 5) is 13.4. The smallest absolute Gasteiger partial charge is 0.249 e. The molecule has 0 saturated heterocycles. The fourth-order valence-corrected chi connectivity index (χ4v) is 4.02. The van der Waals surface area contributed by atoms with E-state index in [0.29, 0.717) is 10.6 Å². The Labute approximate surface area is 140 Å². The van der Waals surface area contributed by atoms with Crippen LogP contribution in [0.15, 0.2) is 30.3 Å².